The van der Waals surface area contributed by atoms with E-state index < -0.39 is 4.92 Å². The van der Waals surface area contributed by atoms with Gasteiger partial charge in [0.1, 0.15) is 5.76 Å². The van der Waals surface area contributed by atoms with Crippen LogP contribution in [0, 0.1) is 10.1 Å². The van der Waals surface area contributed by atoms with Gasteiger partial charge in [0.2, 0.25) is 0 Å². The first-order valence-electron chi connectivity index (χ1n) is 7.72. The number of carbonyl (C=O) groups excluding carboxylic acids is 1. The average Bonchev–Trinajstić information content (AvgIpc) is 3.31. The number of hydrogen-bond donors (Lipinski definition) is 0. The minimum atomic E-state index is -0.501. The summed E-state index contributed by atoms with van der Waals surface area (Å²) in [5.41, 5.74) is 0.203. The molecule has 128 valence electrons. The van der Waals surface area contributed by atoms with Crippen molar-refractivity contribution in [3.63, 3.8) is 0 Å². The van der Waals surface area contributed by atoms with Crippen LogP contribution >= 0.6 is 11.3 Å². The maximum Gasteiger partial charge on any atom is 0.270 e. The fourth-order valence-electron chi connectivity index (χ4n) is 2.48. The van der Waals surface area contributed by atoms with Crippen molar-refractivity contribution >= 4 is 22.9 Å². The molecule has 0 radical (unpaired) electrons. The molecule has 0 bridgehead atoms. The Morgan fingerprint density at radius 3 is 2.76 bits per heavy atom. The number of benzene rings is 1. The zero-order chi connectivity index (χ0) is 17.6. The van der Waals surface area contributed by atoms with Crippen molar-refractivity contribution in [2.24, 2.45) is 0 Å². The van der Waals surface area contributed by atoms with Gasteiger partial charge in [0, 0.05) is 29.1 Å². The minimum Gasteiger partial charge on any atom is -0.467 e. The van der Waals surface area contributed by atoms with Crippen LogP contribution in [0.4, 0.5) is 5.69 Å². The van der Waals surface area contributed by atoms with Crippen molar-refractivity contribution < 1.29 is 14.1 Å². The van der Waals surface area contributed by atoms with E-state index in [0.717, 1.165) is 6.42 Å². The molecule has 0 saturated carbocycles. The standard InChI is InChI=1S/C18H16N2O4S/c21-18(14-4-1-5-15(12-14)20(22)23)19(13-16-6-2-10-24-16)9-8-17-7-3-11-25-17/h1-7,10-12H,8-9,13H2. The smallest absolute Gasteiger partial charge is 0.270 e. The summed E-state index contributed by atoms with van der Waals surface area (Å²) in [5, 5.41) is 12.9. The van der Waals surface area contributed by atoms with Crippen LogP contribution in [-0.2, 0) is 13.0 Å². The first-order chi connectivity index (χ1) is 12.1. The van der Waals surface area contributed by atoms with Crippen LogP contribution in [0.1, 0.15) is 21.0 Å². The largest absolute Gasteiger partial charge is 0.467 e. The highest BCUT2D eigenvalue weighted by molar-refractivity contribution is 7.09. The molecule has 7 heteroatoms. The zero-order valence-electron chi connectivity index (χ0n) is 13.3. The number of nitro groups is 1. The number of carbonyl (C=O) groups is 1. The Kier molecular flexibility index (Phi) is 5.25. The monoisotopic (exact) mass is 356 g/mol. The Morgan fingerprint density at radius 2 is 2.08 bits per heavy atom. The van der Waals surface area contributed by atoms with Crippen LogP contribution in [0.15, 0.2) is 64.6 Å². The van der Waals surface area contributed by atoms with Gasteiger partial charge in [0.15, 0.2) is 0 Å². The van der Waals surface area contributed by atoms with E-state index >= 15 is 0 Å². The molecule has 0 saturated heterocycles. The molecule has 0 aliphatic carbocycles. The summed E-state index contributed by atoms with van der Waals surface area (Å²) in [6.45, 7) is 0.822. The lowest BCUT2D eigenvalue weighted by atomic mass is 10.1. The van der Waals surface area contributed by atoms with Crippen LogP contribution < -0.4 is 0 Å². The van der Waals surface area contributed by atoms with Gasteiger partial charge in [-0.25, -0.2) is 0 Å². The number of rotatable bonds is 7. The van der Waals surface area contributed by atoms with Gasteiger partial charge < -0.3 is 9.32 Å². The van der Waals surface area contributed by atoms with E-state index in [-0.39, 0.29) is 11.6 Å². The van der Waals surface area contributed by atoms with Crippen molar-refractivity contribution in [3.8, 4) is 0 Å². The molecular formula is C18H16N2O4S. The molecule has 3 aromatic rings. The zero-order valence-corrected chi connectivity index (χ0v) is 14.1. The summed E-state index contributed by atoms with van der Waals surface area (Å²) >= 11 is 1.64. The van der Waals surface area contributed by atoms with Crippen molar-refractivity contribution in [1.29, 1.82) is 0 Å². The fraction of sp³-hybridized carbons (Fsp3) is 0.167. The summed E-state index contributed by atoms with van der Waals surface area (Å²) in [7, 11) is 0. The van der Waals surface area contributed by atoms with E-state index in [1.54, 1.807) is 40.7 Å². The van der Waals surface area contributed by atoms with Gasteiger partial charge in [0.25, 0.3) is 11.6 Å². The number of hydrogen-bond acceptors (Lipinski definition) is 5. The fourth-order valence-corrected chi connectivity index (χ4v) is 3.18. The van der Waals surface area contributed by atoms with E-state index in [0.29, 0.717) is 24.4 Å². The molecular weight excluding hydrogens is 340 g/mol. The summed E-state index contributed by atoms with van der Waals surface area (Å²) in [6.07, 6.45) is 2.28. The molecule has 2 aromatic heterocycles. The Hall–Kier alpha value is -2.93. The lowest BCUT2D eigenvalue weighted by molar-refractivity contribution is -0.384. The first kappa shape index (κ1) is 16.9. The number of nitro benzene ring substituents is 1. The summed E-state index contributed by atoms with van der Waals surface area (Å²) < 4.78 is 5.35. The predicted octanol–water partition coefficient (Wildman–Crippen LogP) is 4.13. The normalized spacial score (nSPS) is 10.6. The predicted molar refractivity (Wildman–Crippen MR) is 94.6 cm³/mol. The highest BCUT2D eigenvalue weighted by Crippen LogP contribution is 2.18. The topological polar surface area (TPSA) is 76.6 Å². The molecule has 0 fully saturated rings. The van der Waals surface area contributed by atoms with Gasteiger partial charge in [-0.15, -0.1) is 11.3 Å². The van der Waals surface area contributed by atoms with Gasteiger partial charge in [-0.3, -0.25) is 14.9 Å². The highest BCUT2D eigenvalue weighted by Gasteiger charge is 2.19. The third kappa shape index (κ3) is 4.33. The van der Waals surface area contributed by atoms with Gasteiger partial charge in [-0.2, -0.15) is 0 Å². The second-order valence-corrected chi connectivity index (χ2v) is 6.48. The molecule has 1 aromatic carbocycles. The van der Waals surface area contributed by atoms with Crippen molar-refractivity contribution in [3.05, 3.63) is 86.5 Å². The number of amides is 1. The van der Waals surface area contributed by atoms with Crippen molar-refractivity contribution in [1.82, 2.24) is 4.90 Å². The molecule has 25 heavy (non-hydrogen) atoms. The Morgan fingerprint density at radius 1 is 1.20 bits per heavy atom. The van der Waals surface area contributed by atoms with E-state index in [9.17, 15) is 14.9 Å². The van der Waals surface area contributed by atoms with Gasteiger partial charge in [0.05, 0.1) is 17.7 Å². The maximum atomic E-state index is 12.9. The number of non-ortho nitro benzene ring substituents is 1. The number of thiophene rings is 1. The van der Waals surface area contributed by atoms with Crippen LogP contribution in [0.3, 0.4) is 0 Å². The maximum absolute atomic E-state index is 12.9. The summed E-state index contributed by atoms with van der Waals surface area (Å²) in [5.74, 6) is 0.418. The quantitative estimate of drug-likeness (QED) is 0.471. The van der Waals surface area contributed by atoms with E-state index in [1.807, 2.05) is 17.5 Å². The molecule has 2 heterocycles. The van der Waals surface area contributed by atoms with Crippen molar-refractivity contribution in [2.45, 2.75) is 13.0 Å². The summed E-state index contributed by atoms with van der Waals surface area (Å²) in [4.78, 5) is 26.1. The van der Waals surface area contributed by atoms with Crippen LogP contribution in [0.5, 0.6) is 0 Å². The third-order valence-corrected chi connectivity index (χ3v) is 4.66. The molecule has 3 rings (SSSR count). The molecule has 0 spiro atoms. The number of furan rings is 1. The molecule has 1 amide bonds. The van der Waals surface area contributed by atoms with E-state index in [2.05, 4.69) is 0 Å². The van der Waals surface area contributed by atoms with E-state index in [1.165, 1.54) is 23.1 Å². The average molecular weight is 356 g/mol. The third-order valence-electron chi connectivity index (χ3n) is 3.73. The summed E-state index contributed by atoms with van der Waals surface area (Å²) in [6, 6.07) is 13.4. The first-order valence-corrected chi connectivity index (χ1v) is 8.60. The molecule has 6 nitrogen and oxygen atoms in total. The van der Waals surface area contributed by atoms with Crippen LogP contribution in [-0.4, -0.2) is 22.3 Å². The van der Waals surface area contributed by atoms with Gasteiger partial charge in [-0.1, -0.05) is 12.1 Å². The Balaban J connectivity index is 1.80. The van der Waals surface area contributed by atoms with Crippen LogP contribution in [0.2, 0.25) is 0 Å². The Bertz CT molecular complexity index is 844. The second kappa shape index (κ2) is 7.76. The Labute approximate surface area is 148 Å². The molecule has 0 unspecified atom stereocenters. The SMILES string of the molecule is O=C(c1cccc([N+](=O)[O-])c1)N(CCc1cccs1)Cc1ccco1. The molecule has 0 aliphatic rings. The molecule has 0 aliphatic heterocycles. The van der Waals surface area contributed by atoms with E-state index in [4.69, 9.17) is 4.42 Å². The van der Waals surface area contributed by atoms with Crippen LogP contribution in [0.25, 0.3) is 0 Å². The lowest BCUT2D eigenvalue weighted by Crippen LogP contribution is -2.32. The molecule has 0 N–H and O–H groups in total. The highest BCUT2D eigenvalue weighted by atomic mass is 32.1. The van der Waals surface area contributed by atoms with Gasteiger partial charge in [-0.05, 0) is 36.1 Å². The lowest BCUT2D eigenvalue weighted by Gasteiger charge is -2.21. The van der Waals surface area contributed by atoms with Gasteiger partial charge >= 0.3 is 0 Å². The minimum absolute atomic E-state index is 0.0953. The molecule has 0 atom stereocenters. The van der Waals surface area contributed by atoms with Crippen molar-refractivity contribution in [2.75, 3.05) is 6.54 Å². The second-order valence-electron chi connectivity index (χ2n) is 5.44. The number of nitrogens with zero attached hydrogens (tertiary/aromatic N) is 2.